The highest BCUT2D eigenvalue weighted by Crippen LogP contribution is 2.45. The average molecular weight is 568 g/mol. The first-order chi connectivity index (χ1) is 19.2. The summed E-state index contributed by atoms with van der Waals surface area (Å²) in [7, 11) is -2.63. The van der Waals surface area contributed by atoms with Crippen molar-refractivity contribution in [1.82, 2.24) is 10.2 Å². The molecular formula is C31H45N3O5Si. The molecule has 8 nitrogen and oxygen atoms in total. The van der Waals surface area contributed by atoms with Crippen LogP contribution in [0, 0.1) is 5.92 Å². The van der Waals surface area contributed by atoms with E-state index in [-0.39, 0.29) is 61.1 Å². The number of rotatable bonds is 12. The van der Waals surface area contributed by atoms with Gasteiger partial charge in [-0.15, -0.1) is 0 Å². The molecule has 0 aliphatic carbocycles. The van der Waals surface area contributed by atoms with Gasteiger partial charge in [0.1, 0.15) is 0 Å². The van der Waals surface area contributed by atoms with Crippen LogP contribution in [0.5, 0.6) is 0 Å². The van der Waals surface area contributed by atoms with Crippen molar-refractivity contribution in [3.63, 3.8) is 0 Å². The Hall–Kier alpha value is -2.56. The summed E-state index contributed by atoms with van der Waals surface area (Å²) < 4.78 is 6.53. The number of benzene rings is 2. The van der Waals surface area contributed by atoms with E-state index in [4.69, 9.17) is 4.74 Å². The summed E-state index contributed by atoms with van der Waals surface area (Å²) in [4.78, 5) is 38.8. The first-order valence-corrected chi connectivity index (χ1v) is 17.6. The zero-order chi connectivity index (χ0) is 28.7. The molecule has 2 aliphatic rings. The number of nitrogens with one attached hydrogen (secondary N) is 2. The summed E-state index contributed by atoms with van der Waals surface area (Å²) in [6, 6.07) is 17.6. The molecule has 2 aliphatic heterocycles. The lowest BCUT2D eigenvalue weighted by Crippen LogP contribution is -2.42. The molecule has 218 valence electrons. The fourth-order valence-electron chi connectivity index (χ4n) is 6.38. The minimum Gasteiger partial charge on any atom is -0.432 e. The maximum absolute atomic E-state index is 13.4. The first-order valence-electron chi connectivity index (χ1n) is 14.6. The number of hydrogen-bond donors (Lipinski definition) is 4. The number of anilines is 1. The fourth-order valence-corrected chi connectivity index (χ4v) is 8.98. The number of hydrogen-bond acceptors (Lipinski definition) is 6. The molecule has 4 rings (SSSR count). The third-order valence-corrected chi connectivity index (χ3v) is 10.9. The molecule has 2 fully saturated rings. The van der Waals surface area contributed by atoms with E-state index < -0.39 is 8.32 Å². The van der Waals surface area contributed by atoms with E-state index in [1.165, 1.54) is 0 Å². The molecule has 4 N–H and O–H groups in total. The van der Waals surface area contributed by atoms with Gasteiger partial charge in [0, 0.05) is 24.3 Å². The number of amides is 2. The Bertz CT molecular complexity index is 1120. The summed E-state index contributed by atoms with van der Waals surface area (Å²) in [5.41, 5.74) is 2.85. The minimum atomic E-state index is -2.63. The number of carbonyl (C=O) groups excluding carboxylic acids is 2. The van der Waals surface area contributed by atoms with Gasteiger partial charge >= 0.3 is 0 Å². The molecule has 0 saturated carbocycles. The summed E-state index contributed by atoms with van der Waals surface area (Å²) >= 11 is 0. The molecule has 2 heterocycles. The predicted molar refractivity (Wildman–Crippen MR) is 159 cm³/mol. The second-order valence-corrected chi connectivity index (χ2v) is 15.8. The van der Waals surface area contributed by atoms with Crippen LogP contribution in [-0.4, -0.2) is 72.9 Å². The van der Waals surface area contributed by atoms with Crippen molar-refractivity contribution in [1.29, 1.82) is 0 Å². The van der Waals surface area contributed by atoms with E-state index in [1.54, 1.807) is 4.90 Å². The maximum atomic E-state index is 13.4. The Morgan fingerprint density at radius 2 is 1.85 bits per heavy atom. The molecule has 2 aromatic carbocycles. The van der Waals surface area contributed by atoms with Gasteiger partial charge in [-0.2, -0.15) is 0 Å². The molecule has 2 saturated heterocycles. The monoisotopic (exact) mass is 567 g/mol. The first kappa shape index (κ1) is 30.4. The van der Waals surface area contributed by atoms with Crippen molar-refractivity contribution in [2.75, 3.05) is 25.0 Å². The van der Waals surface area contributed by atoms with E-state index in [0.29, 0.717) is 6.54 Å². The van der Waals surface area contributed by atoms with E-state index >= 15 is 0 Å². The zero-order valence-electron chi connectivity index (χ0n) is 24.0. The molecule has 2 amide bonds. The van der Waals surface area contributed by atoms with Crippen LogP contribution in [0.25, 0.3) is 0 Å². The van der Waals surface area contributed by atoms with Crippen molar-refractivity contribution < 1.29 is 24.2 Å². The van der Waals surface area contributed by atoms with E-state index in [9.17, 15) is 19.5 Å². The van der Waals surface area contributed by atoms with Crippen LogP contribution < -0.4 is 10.6 Å². The van der Waals surface area contributed by atoms with Gasteiger partial charge in [-0.1, -0.05) is 49.4 Å². The van der Waals surface area contributed by atoms with Gasteiger partial charge < -0.3 is 30.2 Å². The molecule has 0 radical (unpaired) electrons. The lowest BCUT2D eigenvalue weighted by molar-refractivity contribution is -0.135. The van der Waals surface area contributed by atoms with Gasteiger partial charge in [-0.3, -0.25) is 9.59 Å². The minimum absolute atomic E-state index is 0.00962. The van der Waals surface area contributed by atoms with Gasteiger partial charge in [-0.25, -0.2) is 0 Å². The third-order valence-electron chi connectivity index (χ3n) is 8.32. The normalized spacial score (nSPS) is 24.7. The second kappa shape index (κ2) is 13.9. The lowest BCUT2D eigenvalue weighted by Gasteiger charge is -2.31. The molecule has 2 aromatic rings. The number of ether oxygens (including phenoxy) is 1. The molecule has 0 bridgehead atoms. The van der Waals surface area contributed by atoms with Gasteiger partial charge in [0.05, 0.1) is 31.3 Å². The van der Waals surface area contributed by atoms with Crippen molar-refractivity contribution in [2.24, 2.45) is 5.92 Å². The maximum Gasteiger partial charge on any atom is 0.241 e. The Morgan fingerprint density at radius 3 is 2.52 bits per heavy atom. The smallest absolute Gasteiger partial charge is 0.241 e. The van der Waals surface area contributed by atoms with Crippen LogP contribution in [0.3, 0.4) is 0 Å². The van der Waals surface area contributed by atoms with Gasteiger partial charge in [0.15, 0.2) is 8.32 Å². The summed E-state index contributed by atoms with van der Waals surface area (Å²) in [5, 5.41) is 15.9. The highest BCUT2D eigenvalue weighted by Gasteiger charge is 2.50. The topological polar surface area (TPSA) is 111 Å². The van der Waals surface area contributed by atoms with E-state index in [1.807, 2.05) is 61.6 Å². The number of aliphatic hydroxyl groups is 1. The van der Waals surface area contributed by atoms with Gasteiger partial charge in [0.2, 0.25) is 11.8 Å². The van der Waals surface area contributed by atoms with Crippen LogP contribution in [0.1, 0.15) is 43.7 Å². The zero-order valence-corrected chi connectivity index (χ0v) is 25.0. The number of aryl methyl sites for hydroxylation is 1. The summed E-state index contributed by atoms with van der Waals surface area (Å²) in [5.74, 6) is 0.0517. The van der Waals surface area contributed by atoms with E-state index in [2.05, 4.69) is 23.6 Å². The Morgan fingerprint density at radius 1 is 1.10 bits per heavy atom. The van der Waals surface area contributed by atoms with Crippen molar-refractivity contribution in [3.05, 3.63) is 65.7 Å². The Balaban J connectivity index is 1.39. The SMILES string of the molecule is C[C@H]1[C@H]([Si](C)(C)O)[C@@H](CC(=O)N(CCO)Cc2ccccc2)O[C@H]1CCc1cccc(NC(=O)[C@H]2CCCN2)c1. The Labute approximate surface area is 239 Å². The van der Waals surface area contributed by atoms with Crippen molar-refractivity contribution in [3.8, 4) is 0 Å². The largest absolute Gasteiger partial charge is 0.432 e. The highest BCUT2D eigenvalue weighted by atomic mass is 28.4. The fraction of sp³-hybridized carbons (Fsp3) is 0.548. The van der Waals surface area contributed by atoms with Crippen molar-refractivity contribution >= 4 is 25.8 Å². The molecule has 40 heavy (non-hydrogen) atoms. The van der Waals surface area contributed by atoms with Crippen LogP contribution in [0.4, 0.5) is 5.69 Å². The van der Waals surface area contributed by atoms with E-state index in [0.717, 1.165) is 49.0 Å². The molecule has 5 atom stereocenters. The summed E-state index contributed by atoms with van der Waals surface area (Å²) in [6.07, 6.45) is 3.16. The molecular weight excluding hydrogens is 522 g/mol. The number of nitrogens with zero attached hydrogens (tertiary/aromatic N) is 1. The molecule has 0 aromatic heterocycles. The Kier molecular flexibility index (Phi) is 10.5. The van der Waals surface area contributed by atoms with Gasteiger partial charge in [0.25, 0.3) is 0 Å². The van der Waals surface area contributed by atoms with Crippen LogP contribution >= 0.6 is 0 Å². The molecule has 0 spiro atoms. The molecule has 0 unspecified atom stereocenters. The lowest BCUT2D eigenvalue weighted by atomic mass is 9.95. The second-order valence-electron chi connectivity index (χ2n) is 11.9. The highest BCUT2D eigenvalue weighted by molar-refractivity contribution is 6.71. The van der Waals surface area contributed by atoms with Crippen LogP contribution in [0.15, 0.2) is 54.6 Å². The summed E-state index contributed by atoms with van der Waals surface area (Å²) in [6.45, 7) is 7.45. The number of carbonyl (C=O) groups is 2. The quantitative estimate of drug-likeness (QED) is 0.291. The number of aliphatic hydroxyl groups excluding tert-OH is 1. The third kappa shape index (κ3) is 8.01. The van der Waals surface area contributed by atoms with Gasteiger partial charge in [-0.05, 0) is 74.5 Å². The predicted octanol–water partition coefficient (Wildman–Crippen LogP) is 3.69. The van der Waals surface area contributed by atoms with Crippen LogP contribution in [0.2, 0.25) is 18.6 Å². The van der Waals surface area contributed by atoms with Crippen LogP contribution in [-0.2, 0) is 27.3 Å². The van der Waals surface area contributed by atoms with Crippen molar-refractivity contribution in [2.45, 2.75) is 82.5 Å². The molecule has 9 heteroatoms. The standard InChI is InChI=1S/C31H45N3O5Si/c1-22-27(15-14-23-11-7-12-25(19-23)33-31(37)26-13-8-16-32-26)39-28(30(22)40(2,3)38)20-29(36)34(17-18-35)21-24-9-5-4-6-10-24/h4-7,9-12,19,22,26-28,30,32,35,38H,8,13-18,20-21H2,1-3H3,(H,33,37)/t22-,26-,27+,28-,30+/m1/s1. The average Bonchev–Trinajstić information content (AvgIpc) is 3.56.